The summed E-state index contributed by atoms with van der Waals surface area (Å²) >= 11 is 0. The first kappa shape index (κ1) is 28.2. The first-order valence-electron chi connectivity index (χ1n) is 16.6. The van der Waals surface area contributed by atoms with E-state index in [9.17, 15) is 0 Å². The molecule has 3 heterocycles. The second-order valence-electron chi connectivity index (χ2n) is 12.4. The lowest BCUT2D eigenvalue weighted by Crippen LogP contribution is -2.01. The highest BCUT2D eigenvalue weighted by molar-refractivity contribution is 6.11. The number of furan rings is 2. The zero-order valence-corrected chi connectivity index (χ0v) is 26.7. The highest BCUT2D eigenvalue weighted by atomic mass is 16.3. The van der Waals surface area contributed by atoms with Crippen LogP contribution in [0, 0.1) is 0 Å². The molecule has 7 aromatic carbocycles. The Bertz CT molecular complexity index is 2810. The maximum absolute atomic E-state index is 6.59. The molecular formula is C45H27N3O2. The van der Waals surface area contributed by atoms with E-state index in [1.54, 1.807) is 0 Å². The fourth-order valence-corrected chi connectivity index (χ4v) is 6.94. The van der Waals surface area contributed by atoms with Gasteiger partial charge in [0.15, 0.2) is 17.5 Å². The van der Waals surface area contributed by atoms with Crippen LogP contribution in [0.5, 0.6) is 0 Å². The molecule has 5 heteroatoms. The molecule has 5 nitrogen and oxygen atoms in total. The van der Waals surface area contributed by atoms with E-state index >= 15 is 0 Å². The molecule has 0 saturated carbocycles. The number of aromatic nitrogens is 3. The van der Waals surface area contributed by atoms with E-state index in [4.69, 9.17) is 23.8 Å². The van der Waals surface area contributed by atoms with Gasteiger partial charge in [0, 0.05) is 43.8 Å². The van der Waals surface area contributed by atoms with Gasteiger partial charge in [0.05, 0.1) is 0 Å². The molecule has 0 spiro atoms. The summed E-state index contributed by atoms with van der Waals surface area (Å²) in [7, 11) is 0. The summed E-state index contributed by atoms with van der Waals surface area (Å²) in [6.45, 7) is 0. The molecular weight excluding hydrogens is 615 g/mol. The van der Waals surface area contributed by atoms with E-state index in [1.165, 1.54) is 0 Å². The smallest absolute Gasteiger partial charge is 0.164 e. The average Bonchev–Trinajstić information content (AvgIpc) is 3.76. The molecule has 3 aromatic heterocycles. The van der Waals surface area contributed by atoms with Crippen LogP contribution in [0.15, 0.2) is 173 Å². The molecule has 0 fully saturated rings. The van der Waals surface area contributed by atoms with Crippen LogP contribution in [0.1, 0.15) is 0 Å². The number of para-hydroxylation sites is 3. The van der Waals surface area contributed by atoms with Crippen molar-refractivity contribution in [3.05, 3.63) is 164 Å². The van der Waals surface area contributed by atoms with Gasteiger partial charge in [0.25, 0.3) is 0 Å². The van der Waals surface area contributed by atoms with Crippen LogP contribution in [0.3, 0.4) is 0 Å². The number of benzene rings is 7. The van der Waals surface area contributed by atoms with Gasteiger partial charge in [-0.3, -0.25) is 0 Å². The van der Waals surface area contributed by atoms with Crippen molar-refractivity contribution in [1.82, 2.24) is 15.0 Å². The van der Waals surface area contributed by atoms with Crippen LogP contribution >= 0.6 is 0 Å². The molecule has 0 amide bonds. The van der Waals surface area contributed by atoms with E-state index in [1.807, 2.05) is 97.1 Å². The minimum atomic E-state index is 0.587. The molecule has 0 aliphatic heterocycles. The van der Waals surface area contributed by atoms with Gasteiger partial charge in [0.2, 0.25) is 0 Å². The SMILES string of the molecule is c1ccc(-c2nc(-c3ccccc3)nc(-c3ccc(-c4ccc5oc6ccccc6c5c4)cc3-c3cccc4c3oc3ccccc34)n2)cc1. The lowest BCUT2D eigenvalue weighted by Gasteiger charge is -2.14. The summed E-state index contributed by atoms with van der Waals surface area (Å²) in [5.41, 5.74) is 10.2. The Balaban J connectivity index is 1.24. The molecule has 50 heavy (non-hydrogen) atoms. The maximum atomic E-state index is 6.59. The monoisotopic (exact) mass is 641 g/mol. The molecule has 0 saturated heterocycles. The maximum Gasteiger partial charge on any atom is 0.164 e. The third kappa shape index (κ3) is 4.67. The first-order chi connectivity index (χ1) is 24.8. The summed E-state index contributed by atoms with van der Waals surface area (Å²) in [6.07, 6.45) is 0. The number of nitrogens with zero attached hydrogens (tertiary/aromatic N) is 3. The van der Waals surface area contributed by atoms with Crippen LogP contribution in [0.4, 0.5) is 0 Å². The van der Waals surface area contributed by atoms with Crippen LogP contribution in [-0.2, 0) is 0 Å². The second kappa shape index (κ2) is 11.4. The molecule has 0 N–H and O–H groups in total. The first-order valence-corrected chi connectivity index (χ1v) is 16.6. The highest BCUT2D eigenvalue weighted by Gasteiger charge is 2.20. The van der Waals surface area contributed by atoms with Crippen molar-refractivity contribution in [2.24, 2.45) is 0 Å². The summed E-state index contributed by atoms with van der Waals surface area (Å²) in [4.78, 5) is 15.2. The van der Waals surface area contributed by atoms with Gasteiger partial charge >= 0.3 is 0 Å². The molecule has 10 aromatic rings. The summed E-state index contributed by atoms with van der Waals surface area (Å²) in [5.74, 6) is 1.82. The predicted octanol–water partition coefficient (Wildman–Crippen LogP) is 12.0. The van der Waals surface area contributed by atoms with Crippen LogP contribution < -0.4 is 0 Å². The third-order valence-corrected chi connectivity index (χ3v) is 9.36. The summed E-state index contributed by atoms with van der Waals surface area (Å²) in [6, 6.07) is 55.7. The molecule has 0 aliphatic rings. The highest BCUT2D eigenvalue weighted by Crippen LogP contribution is 2.42. The number of hydrogen-bond donors (Lipinski definition) is 0. The van der Waals surface area contributed by atoms with Crippen molar-refractivity contribution in [3.8, 4) is 56.4 Å². The number of fused-ring (bicyclic) bond motifs is 6. The standard InChI is InChI=1S/C45H27N3O2/c1-3-12-28(13-4-1)43-46-44(29-14-5-2-6-15-29)48-45(47-43)36-24-22-30(31-23-25-41-38(27-31)33-17-8-9-20-39(33)49-41)26-37(36)35-19-11-18-34-32-16-7-10-21-40(32)50-42(34)35/h1-27H. The Morgan fingerprint density at radius 2 is 0.840 bits per heavy atom. The van der Waals surface area contributed by atoms with Crippen LogP contribution in [0.2, 0.25) is 0 Å². The van der Waals surface area contributed by atoms with Gasteiger partial charge in [-0.2, -0.15) is 0 Å². The Hall–Kier alpha value is -6.85. The van der Waals surface area contributed by atoms with E-state index in [0.29, 0.717) is 17.5 Å². The minimum Gasteiger partial charge on any atom is -0.456 e. The molecule has 0 aliphatic carbocycles. The number of hydrogen-bond acceptors (Lipinski definition) is 5. The van der Waals surface area contributed by atoms with Crippen molar-refractivity contribution >= 4 is 43.9 Å². The second-order valence-corrected chi connectivity index (χ2v) is 12.4. The van der Waals surface area contributed by atoms with Crippen molar-refractivity contribution in [2.75, 3.05) is 0 Å². The lowest BCUT2D eigenvalue weighted by atomic mass is 9.92. The van der Waals surface area contributed by atoms with Crippen molar-refractivity contribution in [3.63, 3.8) is 0 Å². The Morgan fingerprint density at radius 1 is 0.300 bits per heavy atom. The van der Waals surface area contributed by atoms with E-state index in [0.717, 1.165) is 82.8 Å². The Labute approximate surface area is 287 Å². The lowest BCUT2D eigenvalue weighted by molar-refractivity contribution is 0.669. The quantitative estimate of drug-likeness (QED) is 0.187. The van der Waals surface area contributed by atoms with Crippen molar-refractivity contribution in [1.29, 1.82) is 0 Å². The Kier molecular flexibility index (Phi) is 6.42. The normalized spacial score (nSPS) is 11.6. The molecule has 0 atom stereocenters. The van der Waals surface area contributed by atoms with Gasteiger partial charge in [-0.1, -0.05) is 127 Å². The average molecular weight is 642 g/mol. The van der Waals surface area contributed by atoms with Gasteiger partial charge in [0.1, 0.15) is 22.3 Å². The molecule has 0 radical (unpaired) electrons. The number of rotatable bonds is 5. The van der Waals surface area contributed by atoms with E-state index in [2.05, 4.69) is 66.7 Å². The largest absolute Gasteiger partial charge is 0.456 e. The van der Waals surface area contributed by atoms with Crippen molar-refractivity contribution < 1.29 is 8.83 Å². The molecule has 0 bridgehead atoms. The Morgan fingerprint density at radius 3 is 1.56 bits per heavy atom. The summed E-state index contributed by atoms with van der Waals surface area (Å²) < 4.78 is 12.7. The van der Waals surface area contributed by atoms with Crippen LogP contribution in [0.25, 0.3) is 100 Å². The topological polar surface area (TPSA) is 65.0 Å². The van der Waals surface area contributed by atoms with Gasteiger partial charge in [-0.15, -0.1) is 0 Å². The third-order valence-electron chi connectivity index (χ3n) is 9.36. The van der Waals surface area contributed by atoms with E-state index in [-0.39, 0.29) is 0 Å². The van der Waals surface area contributed by atoms with Crippen molar-refractivity contribution in [2.45, 2.75) is 0 Å². The van der Waals surface area contributed by atoms with Gasteiger partial charge in [-0.05, 0) is 53.1 Å². The molecule has 10 rings (SSSR count). The van der Waals surface area contributed by atoms with E-state index < -0.39 is 0 Å². The van der Waals surface area contributed by atoms with Gasteiger partial charge in [-0.25, -0.2) is 15.0 Å². The fraction of sp³-hybridized carbons (Fsp3) is 0. The minimum absolute atomic E-state index is 0.587. The molecule has 0 unspecified atom stereocenters. The molecule has 234 valence electrons. The van der Waals surface area contributed by atoms with Crippen LogP contribution in [-0.4, -0.2) is 15.0 Å². The van der Waals surface area contributed by atoms with Gasteiger partial charge < -0.3 is 8.83 Å². The zero-order valence-electron chi connectivity index (χ0n) is 26.7. The zero-order chi connectivity index (χ0) is 33.0. The summed E-state index contributed by atoms with van der Waals surface area (Å²) in [5, 5.41) is 4.32. The fourth-order valence-electron chi connectivity index (χ4n) is 6.94. The predicted molar refractivity (Wildman–Crippen MR) is 202 cm³/mol.